The van der Waals surface area contributed by atoms with Crippen molar-refractivity contribution in [3.63, 3.8) is 0 Å². The van der Waals surface area contributed by atoms with Crippen LogP contribution in [0.1, 0.15) is 23.7 Å². The first-order valence-electron chi connectivity index (χ1n) is 10.9. The molecule has 0 unspecified atom stereocenters. The van der Waals surface area contributed by atoms with Gasteiger partial charge < -0.3 is 14.8 Å². The van der Waals surface area contributed by atoms with Gasteiger partial charge in [0.15, 0.2) is 0 Å². The van der Waals surface area contributed by atoms with Gasteiger partial charge in [-0.05, 0) is 18.6 Å². The Hall–Kier alpha value is -3.62. The molecule has 2 aromatic carbocycles. The molecule has 0 bridgehead atoms. The highest BCUT2D eigenvalue weighted by Crippen LogP contribution is 2.40. The number of benzene rings is 2. The topological polar surface area (TPSA) is 93.7 Å². The van der Waals surface area contributed by atoms with Gasteiger partial charge in [-0.15, -0.1) is 0 Å². The zero-order chi connectivity index (χ0) is 26.4. The molecule has 3 rings (SSSR count). The van der Waals surface area contributed by atoms with Gasteiger partial charge in [-0.3, -0.25) is 14.5 Å². The van der Waals surface area contributed by atoms with E-state index >= 15 is 0 Å². The third kappa shape index (κ3) is 6.13. The van der Waals surface area contributed by atoms with Crippen molar-refractivity contribution >= 4 is 46.5 Å². The van der Waals surface area contributed by atoms with Crippen molar-refractivity contribution in [2.24, 2.45) is 0 Å². The van der Waals surface area contributed by atoms with Crippen LogP contribution >= 0.6 is 23.2 Å². The molecule has 8 nitrogen and oxygen atoms in total. The summed E-state index contributed by atoms with van der Waals surface area (Å²) < 4.78 is 10.6. The summed E-state index contributed by atoms with van der Waals surface area (Å²) >= 11 is 12.9. The normalized spacial score (nSPS) is 10.5. The summed E-state index contributed by atoms with van der Waals surface area (Å²) in [5.41, 5.74) is 2.97. The molecule has 188 valence electrons. The number of hydrogen-bond donors (Lipinski definition) is 1. The fourth-order valence-corrected chi connectivity index (χ4v) is 4.01. The van der Waals surface area contributed by atoms with E-state index in [0.29, 0.717) is 46.3 Å². The molecular formula is C26H26Cl2N4O4. The zero-order valence-corrected chi connectivity index (χ0v) is 21.9. The van der Waals surface area contributed by atoms with Gasteiger partial charge in [-0.2, -0.15) is 0 Å². The van der Waals surface area contributed by atoms with Crippen LogP contribution in [0.15, 0.2) is 54.9 Å². The minimum absolute atomic E-state index is 0.100. The molecular weight excluding hydrogens is 503 g/mol. The number of amides is 2. The lowest BCUT2D eigenvalue weighted by atomic mass is 10.1. The number of carbonyl (C=O) groups is 2. The Kier molecular flexibility index (Phi) is 8.90. The minimum Gasteiger partial charge on any atom is -0.495 e. The van der Waals surface area contributed by atoms with Crippen LogP contribution < -0.4 is 19.7 Å². The maximum Gasteiger partial charge on any atom is 0.250 e. The van der Waals surface area contributed by atoms with Gasteiger partial charge in [0.25, 0.3) is 5.91 Å². The average molecular weight is 529 g/mol. The molecule has 1 N–H and O–H groups in total. The number of likely N-dealkylation sites (N-methyl/N-ethyl adjacent to an activating group) is 1. The number of hydrogen-bond acceptors (Lipinski definition) is 6. The summed E-state index contributed by atoms with van der Waals surface area (Å²) in [7, 11) is 4.54. The lowest BCUT2D eigenvalue weighted by Gasteiger charge is -2.19. The van der Waals surface area contributed by atoms with Crippen molar-refractivity contribution in [3.05, 3.63) is 81.7 Å². The highest BCUT2D eigenvalue weighted by atomic mass is 35.5. The fraction of sp³-hybridized carbons (Fsp3) is 0.231. The number of nitrogens with one attached hydrogen (secondary N) is 1. The van der Waals surface area contributed by atoms with E-state index in [-0.39, 0.29) is 28.3 Å². The third-order valence-electron chi connectivity index (χ3n) is 5.44. The van der Waals surface area contributed by atoms with Crippen LogP contribution in [0.5, 0.6) is 11.5 Å². The van der Waals surface area contributed by atoms with Crippen molar-refractivity contribution in [1.82, 2.24) is 9.97 Å². The predicted molar refractivity (Wildman–Crippen MR) is 141 cm³/mol. The largest absolute Gasteiger partial charge is 0.495 e. The number of halogens is 2. The highest BCUT2D eigenvalue weighted by molar-refractivity contribution is 6.38. The van der Waals surface area contributed by atoms with Crippen LogP contribution in [-0.2, 0) is 22.4 Å². The van der Waals surface area contributed by atoms with Crippen molar-refractivity contribution in [2.45, 2.75) is 19.8 Å². The van der Waals surface area contributed by atoms with Gasteiger partial charge in [-0.1, -0.05) is 48.0 Å². The second kappa shape index (κ2) is 11.9. The smallest absolute Gasteiger partial charge is 0.250 e. The van der Waals surface area contributed by atoms with Crippen LogP contribution in [0, 0.1) is 0 Å². The number of para-hydroxylation sites is 1. The SMILES string of the molecule is C=C(C)C(=O)Nc1ccccc1Cc1cc(N(C)C(=O)Cc2c(Cl)c(OC)cc(OC)c2Cl)ncn1. The molecule has 0 aliphatic rings. The van der Waals surface area contributed by atoms with Crippen molar-refractivity contribution in [3.8, 4) is 11.5 Å². The molecule has 0 atom stereocenters. The minimum atomic E-state index is -0.298. The lowest BCUT2D eigenvalue weighted by molar-refractivity contribution is -0.117. The van der Waals surface area contributed by atoms with Gasteiger partial charge in [0.2, 0.25) is 5.91 Å². The summed E-state index contributed by atoms with van der Waals surface area (Å²) in [5, 5.41) is 3.33. The first-order valence-corrected chi connectivity index (χ1v) is 11.6. The second-order valence-corrected chi connectivity index (χ2v) is 8.71. The molecule has 2 amide bonds. The Labute approximate surface area is 219 Å². The second-order valence-electron chi connectivity index (χ2n) is 7.95. The van der Waals surface area contributed by atoms with Crippen LogP contribution in [0.25, 0.3) is 0 Å². The first kappa shape index (κ1) is 27.0. The quantitative estimate of drug-likeness (QED) is 0.387. The predicted octanol–water partition coefficient (Wildman–Crippen LogP) is 5.11. The lowest BCUT2D eigenvalue weighted by Crippen LogP contribution is -2.29. The van der Waals surface area contributed by atoms with Crippen LogP contribution in [0.4, 0.5) is 11.5 Å². The molecule has 0 spiro atoms. The summed E-state index contributed by atoms with van der Waals surface area (Å²) in [4.78, 5) is 35.2. The van der Waals surface area contributed by atoms with E-state index in [9.17, 15) is 9.59 Å². The molecule has 0 saturated heterocycles. The van der Waals surface area contributed by atoms with Gasteiger partial charge in [0.05, 0.1) is 36.4 Å². The zero-order valence-electron chi connectivity index (χ0n) is 20.4. The molecule has 0 aliphatic heterocycles. The number of carbonyl (C=O) groups excluding carboxylic acids is 2. The Morgan fingerprint density at radius 3 is 2.31 bits per heavy atom. The molecule has 0 radical (unpaired) electrons. The monoisotopic (exact) mass is 528 g/mol. The number of ether oxygens (including phenoxy) is 2. The number of nitrogens with zero attached hydrogens (tertiary/aromatic N) is 3. The van der Waals surface area contributed by atoms with Crippen molar-refractivity contribution in [1.29, 1.82) is 0 Å². The summed E-state index contributed by atoms with van der Waals surface area (Å²) in [5.74, 6) is 0.543. The standard InChI is InChI=1S/C26H26Cl2N4O4/c1-15(2)26(34)31-19-9-7-6-8-16(19)10-17-11-22(30-14-29-17)32(3)23(33)12-18-24(27)20(35-4)13-21(36-5)25(18)28/h6-9,11,13-14H,1,10,12H2,2-5H3,(H,31,34). The molecule has 1 aromatic heterocycles. The van der Waals surface area contributed by atoms with Gasteiger partial charge >= 0.3 is 0 Å². The van der Waals surface area contributed by atoms with E-state index in [0.717, 1.165) is 5.56 Å². The van der Waals surface area contributed by atoms with Crippen LogP contribution in [-0.4, -0.2) is 43.0 Å². The molecule has 0 aliphatic carbocycles. The van der Waals surface area contributed by atoms with Crippen LogP contribution in [0.3, 0.4) is 0 Å². The van der Waals surface area contributed by atoms with E-state index in [1.807, 2.05) is 24.3 Å². The molecule has 1 heterocycles. The number of anilines is 2. The van der Waals surface area contributed by atoms with E-state index in [1.165, 1.54) is 25.4 Å². The Balaban J connectivity index is 1.83. The molecule has 0 saturated carbocycles. The van der Waals surface area contributed by atoms with E-state index in [2.05, 4.69) is 21.9 Å². The maximum atomic E-state index is 13.1. The van der Waals surface area contributed by atoms with Gasteiger partial charge in [-0.25, -0.2) is 9.97 Å². The molecule has 36 heavy (non-hydrogen) atoms. The molecule has 10 heteroatoms. The number of methoxy groups -OCH3 is 2. The number of aromatic nitrogens is 2. The van der Waals surface area contributed by atoms with E-state index in [1.54, 1.807) is 26.1 Å². The van der Waals surface area contributed by atoms with Crippen molar-refractivity contribution in [2.75, 3.05) is 31.5 Å². The first-order chi connectivity index (χ1) is 17.2. The fourth-order valence-electron chi connectivity index (χ4n) is 3.38. The van der Waals surface area contributed by atoms with Gasteiger partial charge in [0.1, 0.15) is 23.6 Å². The van der Waals surface area contributed by atoms with E-state index in [4.69, 9.17) is 32.7 Å². The molecule has 0 fully saturated rings. The van der Waals surface area contributed by atoms with E-state index < -0.39 is 0 Å². The Morgan fingerprint density at radius 1 is 1.06 bits per heavy atom. The Morgan fingerprint density at radius 2 is 1.69 bits per heavy atom. The van der Waals surface area contributed by atoms with Crippen molar-refractivity contribution < 1.29 is 19.1 Å². The molecule has 3 aromatic rings. The highest BCUT2D eigenvalue weighted by Gasteiger charge is 2.22. The summed E-state index contributed by atoms with van der Waals surface area (Å²) in [6.45, 7) is 5.31. The summed E-state index contributed by atoms with van der Waals surface area (Å²) in [6, 6.07) is 10.7. The maximum absolute atomic E-state index is 13.1. The summed E-state index contributed by atoms with van der Waals surface area (Å²) in [6.07, 6.45) is 1.70. The number of rotatable bonds is 9. The van der Waals surface area contributed by atoms with Gasteiger partial charge in [0, 0.05) is 42.4 Å². The third-order valence-corrected chi connectivity index (χ3v) is 6.27. The Bertz CT molecular complexity index is 1280. The van der Waals surface area contributed by atoms with Crippen LogP contribution in [0.2, 0.25) is 10.0 Å². The average Bonchev–Trinajstić information content (AvgIpc) is 2.87.